The summed E-state index contributed by atoms with van der Waals surface area (Å²) in [5, 5.41) is 3.04. The lowest BCUT2D eigenvalue weighted by atomic mass is 9.89. The van der Waals surface area contributed by atoms with Crippen molar-refractivity contribution in [3.8, 4) is 0 Å². The number of thiophene rings is 1. The van der Waals surface area contributed by atoms with Crippen molar-refractivity contribution in [3.63, 3.8) is 0 Å². The van der Waals surface area contributed by atoms with E-state index in [1.807, 2.05) is 6.92 Å². The highest BCUT2D eigenvalue weighted by Gasteiger charge is 2.29. The van der Waals surface area contributed by atoms with E-state index in [1.54, 1.807) is 6.07 Å². The third kappa shape index (κ3) is 2.80. The van der Waals surface area contributed by atoms with Crippen molar-refractivity contribution < 1.29 is 4.79 Å². The molecule has 0 unspecified atom stereocenters. The Morgan fingerprint density at radius 2 is 2.18 bits per heavy atom. The third-order valence-electron chi connectivity index (χ3n) is 3.67. The predicted octanol–water partition coefficient (Wildman–Crippen LogP) is 2.95. The summed E-state index contributed by atoms with van der Waals surface area (Å²) in [6.45, 7) is 4.98. The highest BCUT2D eigenvalue weighted by atomic mass is 32.1. The molecule has 1 aliphatic rings. The Labute approximate surface area is 106 Å². The molecule has 1 fully saturated rings. The summed E-state index contributed by atoms with van der Waals surface area (Å²) in [6, 6.07) is 1.77. The van der Waals surface area contributed by atoms with E-state index in [-0.39, 0.29) is 5.91 Å². The van der Waals surface area contributed by atoms with E-state index in [2.05, 4.69) is 12.2 Å². The van der Waals surface area contributed by atoms with Gasteiger partial charge in [0.15, 0.2) is 0 Å². The molecule has 0 bridgehead atoms. The van der Waals surface area contributed by atoms with E-state index in [1.165, 1.54) is 37.0 Å². The molecule has 0 aromatic carbocycles. The van der Waals surface area contributed by atoms with E-state index in [4.69, 9.17) is 5.73 Å². The smallest absolute Gasteiger partial charge is 0.261 e. The van der Waals surface area contributed by atoms with Crippen molar-refractivity contribution in [1.82, 2.24) is 5.32 Å². The van der Waals surface area contributed by atoms with Crippen molar-refractivity contribution >= 4 is 22.9 Å². The molecule has 1 aromatic heterocycles. The molecule has 0 atom stereocenters. The van der Waals surface area contributed by atoms with Gasteiger partial charge in [0, 0.05) is 17.1 Å². The van der Waals surface area contributed by atoms with Crippen LogP contribution in [0.3, 0.4) is 0 Å². The number of anilines is 1. The predicted molar refractivity (Wildman–Crippen MR) is 72.4 cm³/mol. The molecular formula is C13H20N2OS. The van der Waals surface area contributed by atoms with Crippen LogP contribution in [0, 0.1) is 12.3 Å². The molecule has 17 heavy (non-hydrogen) atoms. The average Bonchev–Trinajstić information content (AvgIpc) is 2.85. The number of rotatable bonds is 3. The van der Waals surface area contributed by atoms with Crippen LogP contribution in [0.25, 0.3) is 0 Å². The summed E-state index contributed by atoms with van der Waals surface area (Å²) in [5.74, 6) is 0.0166. The molecule has 3 N–H and O–H groups in total. The Hall–Kier alpha value is -1.03. The van der Waals surface area contributed by atoms with E-state index >= 15 is 0 Å². The second-order valence-electron chi connectivity index (χ2n) is 5.32. The van der Waals surface area contributed by atoms with Gasteiger partial charge in [-0.3, -0.25) is 4.79 Å². The number of nitrogen functional groups attached to an aromatic ring is 1. The van der Waals surface area contributed by atoms with Crippen LogP contribution in [0.15, 0.2) is 6.07 Å². The second kappa shape index (κ2) is 4.69. The lowest BCUT2D eigenvalue weighted by Gasteiger charge is -2.23. The molecule has 1 aliphatic carbocycles. The molecule has 1 aromatic rings. The lowest BCUT2D eigenvalue weighted by molar-refractivity contribution is 0.0938. The molecule has 0 radical (unpaired) electrons. The maximum atomic E-state index is 12.0. The van der Waals surface area contributed by atoms with Gasteiger partial charge in [0.05, 0.1) is 4.88 Å². The molecule has 0 saturated heterocycles. The third-order valence-corrected chi connectivity index (χ3v) is 4.73. The summed E-state index contributed by atoms with van der Waals surface area (Å²) in [6.07, 6.45) is 5.02. The average molecular weight is 252 g/mol. The fourth-order valence-corrected chi connectivity index (χ4v) is 3.25. The van der Waals surface area contributed by atoms with Crippen LogP contribution in [-0.4, -0.2) is 12.5 Å². The topological polar surface area (TPSA) is 55.1 Å². The van der Waals surface area contributed by atoms with Crippen LogP contribution >= 0.6 is 11.3 Å². The number of aryl methyl sites for hydroxylation is 1. The van der Waals surface area contributed by atoms with Crippen LogP contribution in [0.4, 0.5) is 5.69 Å². The summed E-state index contributed by atoms with van der Waals surface area (Å²) >= 11 is 1.47. The Kier molecular flexibility index (Phi) is 3.43. The van der Waals surface area contributed by atoms with Gasteiger partial charge in [-0.15, -0.1) is 11.3 Å². The fourth-order valence-electron chi connectivity index (χ4n) is 2.39. The first-order chi connectivity index (χ1) is 8.00. The fraction of sp³-hybridized carbons (Fsp3) is 0.615. The zero-order valence-electron chi connectivity index (χ0n) is 10.5. The van der Waals surface area contributed by atoms with Crippen LogP contribution in [0.5, 0.6) is 0 Å². The van der Waals surface area contributed by atoms with Gasteiger partial charge in [-0.25, -0.2) is 0 Å². The zero-order valence-corrected chi connectivity index (χ0v) is 11.3. The molecule has 0 aliphatic heterocycles. The SMILES string of the molecule is Cc1sc(C(=O)NCC2(C)CCCC2)cc1N. The maximum Gasteiger partial charge on any atom is 0.261 e. The van der Waals surface area contributed by atoms with Crippen molar-refractivity contribution in [2.75, 3.05) is 12.3 Å². The molecule has 3 nitrogen and oxygen atoms in total. The van der Waals surface area contributed by atoms with Gasteiger partial charge < -0.3 is 11.1 Å². The largest absolute Gasteiger partial charge is 0.398 e. The van der Waals surface area contributed by atoms with Crippen LogP contribution < -0.4 is 11.1 Å². The van der Waals surface area contributed by atoms with E-state index in [9.17, 15) is 4.79 Å². The number of nitrogens with one attached hydrogen (secondary N) is 1. The molecule has 1 saturated carbocycles. The quantitative estimate of drug-likeness (QED) is 0.869. The first kappa shape index (κ1) is 12.4. The van der Waals surface area contributed by atoms with Crippen LogP contribution in [0.1, 0.15) is 47.2 Å². The molecule has 94 valence electrons. The number of carbonyl (C=O) groups excluding carboxylic acids is 1. The Morgan fingerprint density at radius 1 is 1.53 bits per heavy atom. The number of carbonyl (C=O) groups is 1. The summed E-state index contributed by atoms with van der Waals surface area (Å²) in [5.41, 5.74) is 6.77. The standard InChI is InChI=1S/C13H20N2OS/c1-9-10(14)7-11(17-9)12(16)15-8-13(2)5-3-4-6-13/h7H,3-6,8,14H2,1-2H3,(H,15,16). The number of hydrogen-bond acceptors (Lipinski definition) is 3. The Bertz CT molecular complexity index is 400. The van der Waals surface area contributed by atoms with E-state index in [0.29, 0.717) is 11.1 Å². The van der Waals surface area contributed by atoms with Crippen molar-refractivity contribution in [2.45, 2.75) is 39.5 Å². The molecule has 1 heterocycles. The Morgan fingerprint density at radius 3 is 2.71 bits per heavy atom. The minimum atomic E-state index is 0.0166. The molecular weight excluding hydrogens is 232 g/mol. The first-order valence-electron chi connectivity index (χ1n) is 6.14. The lowest BCUT2D eigenvalue weighted by Crippen LogP contribution is -2.33. The van der Waals surface area contributed by atoms with E-state index in [0.717, 1.165) is 16.3 Å². The van der Waals surface area contributed by atoms with Gasteiger partial charge in [-0.2, -0.15) is 0 Å². The zero-order chi connectivity index (χ0) is 12.5. The number of nitrogens with two attached hydrogens (primary N) is 1. The normalized spacial score (nSPS) is 18.2. The first-order valence-corrected chi connectivity index (χ1v) is 6.96. The van der Waals surface area contributed by atoms with Crippen molar-refractivity contribution in [1.29, 1.82) is 0 Å². The number of hydrogen-bond donors (Lipinski definition) is 2. The molecule has 0 spiro atoms. The maximum absolute atomic E-state index is 12.0. The van der Waals surface area contributed by atoms with E-state index < -0.39 is 0 Å². The van der Waals surface area contributed by atoms with Crippen molar-refractivity contribution in [3.05, 3.63) is 15.8 Å². The monoisotopic (exact) mass is 252 g/mol. The number of amides is 1. The molecule has 2 rings (SSSR count). The minimum Gasteiger partial charge on any atom is -0.398 e. The highest BCUT2D eigenvalue weighted by Crippen LogP contribution is 2.36. The van der Waals surface area contributed by atoms with Gasteiger partial charge in [-0.1, -0.05) is 19.8 Å². The van der Waals surface area contributed by atoms with Gasteiger partial charge in [-0.05, 0) is 31.2 Å². The van der Waals surface area contributed by atoms with Crippen LogP contribution in [-0.2, 0) is 0 Å². The van der Waals surface area contributed by atoms with Crippen LogP contribution in [0.2, 0.25) is 0 Å². The van der Waals surface area contributed by atoms with Gasteiger partial charge in [0.25, 0.3) is 5.91 Å². The van der Waals surface area contributed by atoms with Gasteiger partial charge in [0.2, 0.25) is 0 Å². The highest BCUT2D eigenvalue weighted by molar-refractivity contribution is 7.14. The van der Waals surface area contributed by atoms with Gasteiger partial charge in [0.1, 0.15) is 0 Å². The molecule has 4 heteroatoms. The second-order valence-corrected chi connectivity index (χ2v) is 6.58. The summed E-state index contributed by atoms with van der Waals surface area (Å²) < 4.78 is 0. The molecule has 1 amide bonds. The minimum absolute atomic E-state index is 0.0166. The van der Waals surface area contributed by atoms with Crippen molar-refractivity contribution in [2.24, 2.45) is 5.41 Å². The Balaban J connectivity index is 1.93. The van der Waals surface area contributed by atoms with Gasteiger partial charge >= 0.3 is 0 Å². The summed E-state index contributed by atoms with van der Waals surface area (Å²) in [4.78, 5) is 13.7. The summed E-state index contributed by atoms with van der Waals surface area (Å²) in [7, 11) is 0.